The third-order valence-corrected chi connectivity index (χ3v) is 4.93. The first-order chi connectivity index (χ1) is 11.7. The third-order valence-electron chi connectivity index (χ3n) is 4.00. The molecule has 0 radical (unpaired) electrons. The molecular weight excluding hydrogens is 328 g/mol. The molecule has 0 aromatic carbocycles. The van der Waals surface area contributed by atoms with Crippen LogP contribution in [-0.4, -0.2) is 56.8 Å². The summed E-state index contributed by atoms with van der Waals surface area (Å²) in [5.74, 6) is -0.111. The van der Waals surface area contributed by atoms with Crippen LogP contribution in [0.1, 0.15) is 19.8 Å². The molecule has 0 saturated carbocycles. The Morgan fingerprint density at radius 1 is 1.38 bits per heavy atom. The number of nitrogens with zero attached hydrogens (tertiary/aromatic N) is 4. The van der Waals surface area contributed by atoms with Gasteiger partial charge in [0.05, 0.1) is 18.3 Å². The Morgan fingerprint density at radius 2 is 2.25 bits per heavy atom. The Kier molecular flexibility index (Phi) is 5.34. The number of rotatable bonds is 5. The normalized spacial score (nSPS) is 17.9. The highest BCUT2D eigenvalue weighted by molar-refractivity contribution is 7.99. The highest BCUT2D eigenvalue weighted by Crippen LogP contribution is 2.21. The lowest BCUT2D eigenvalue weighted by Gasteiger charge is -2.31. The molecule has 0 bridgehead atoms. The summed E-state index contributed by atoms with van der Waals surface area (Å²) in [6.45, 7) is 3.30. The molecule has 0 aliphatic carbocycles. The van der Waals surface area contributed by atoms with Crippen LogP contribution in [0.5, 0.6) is 0 Å². The van der Waals surface area contributed by atoms with Crippen LogP contribution < -0.4 is 0 Å². The molecule has 0 unspecified atom stereocenters. The van der Waals surface area contributed by atoms with E-state index in [4.69, 9.17) is 4.74 Å². The van der Waals surface area contributed by atoms with E-state index in [1.54, 1.807) is 11.8 Å². The summed E-state index contributed by atoms with van der Waals surface area (Å²) in [5, 5.41) is 8.87. The topological polar surface area (TPSA) is 76.8 Å². The van der Waals surface area contributed by atoms with Crippen molar-refractivity contribution in [1.29, 1.82) is 0 Å². The van der Waals surface area contributed by atoms with Crippen LogP contribution in [0, 0.1) is 5.92 Å². The van der Waals surface area contributed by atoms with Gasteiger partial charge in [0.1, 0.15) is 0 Å². The van der Waals surface area contributed by atoms with E-state index >= 15 is 0 Å². The van der Waals surface area contributed by atoms with Crippen molar-refractivity contribution in [2.45, 2.75) is 24.9 Å². The number of carbonyl (C=O) groups is 2. The van der Waals surface area contributed by atoms with Gasteiger partial charge in [0.25, 0.3) is 0 Å². The monoisotopic (exact) mass is 348 g/mol. The Morgan fingerprint density at radius 3 is 3.08 bits per heavy atom. The molecule has 0 spiro atoms. The number of pyridine rings is 1. The van der Waals surface area contributed by atoms with Crippen molar-refractivity contribution >= 4 is 29.3 Å². The zero-order valence-corrected chi connectivity index (χ0v) is 14.4. The van der Waals surface area contributed by atoms with Crippen molar-refractivity contribution in [1.82, 2.24) is 19.5 Å². The largest absolute Gasteiger partial charge is 0.466 e. The van der Waals surface area contributed by atoms with Crippen molar-refractivity contribution in [2.24, 2.45) is 5.92 Å². The second kappa shape index (κ2) is 7.65. The number of likely N-dealkylation sites (tertiary alicyclic amines) is 1. The van der Waals surface area contributed by atoms with E-state index in [1.165, 1.54) is 11.8 Å². The molecule has 2 aromatic heterocycles. The molecule has 0 N–H and O–H groups in total. The lowest BCUT2D eigenvalue weighted by molar-refractivity contribution is -0.151. The van der Waals surface area contributed by atoms with Crippen LogP contribution in [0.3, 0.4) is 0 Å². The summed E-state index contributed by atoms with van der Waals surface area (Å²) in [6, 6.07) is 5.66. The fourth-order valence-corrected chi connectivity index (χ4v) is 3.62. The quantitative estimate of drug-likeness (QED) is 0.604. The average Bonchev–Trinajstić information content (AvgIpc) is 3.03. The second-order valence-electron chi connectivity index (χ2n) is 5.63. The Balaban J connectivity index is 1.57. The summed E-state index contributed by atoms with van der Waals surface area (Å²) < 4.78 is 6.93. The molecule has 1 saturated heterocycles. The van der Waals surface area contributed by atoms with Crippen LogP contribution in [-0.2, 0) is 14.3 Å². The molecule has 24 heavy (non-hydrogen) atoms. The lowest BCUT2D eigenvalue weighted by Crippen LogP contribution is -2.43. The Labute approximate surface area is 144 Å². The fraction of sp³-hybridized carbons (Fsp3) is 0.500. The van der Waals surface area contributed by atoms with Crippen molar-refractivity contribution in [3.63, 3.8) is 0 Å². The Hall–Kier alpha value is -2.09. The molecular formula is C16H20N4O3S. The molecule has 3 heterocycles. The number of fused-ring (bicyclic) bond motifs is 1. The molecule has 8 heteroatoms. The number of piperidine rings is 1. The second-order valence-corrected chi connectivity index (χ2v) is 6.57. The molecule has 3 rings (SSSR count). The number of carbonyl (C=O) groups excluding carboxylic acids is 2. The van der Waals surface area contributed by atoms with Crippen molar-refractivity contribution in [3.05, 3.63) is 24.4 Å². The minimum Gasteiger partial charge on any atom is -0.466 e. The molecule has 1 aliphatic rings. The van der Waals surface area contributed by atoms with Crippen LogP contribution in [0.4, 0.5) is 0 Å². The van der Waals surface area contributed by atoms with E-state index in [0.29, 0.717) is 24.9 Å². The summed E-state index contributed by atoms with van der Waals surface area (Å²) >= 11 is 1.36. The average molecular weight is 348 g/mol. The van der Waals surface area contributed by atoms with Crippen LogP contribution in [0.2, 0.25) is 0 Å². The maximum absolute atomic E-state index is 12.5. The SMILES string of the molecule is CCOC(=O)[C@@H]1CCCN(C(=O)CSc2nnc3ccccn23)C1. The molecule has 1 amide bonds. The lowest BCUT2D eigenvalue weighted by atomic mass is 9.98. The predicted octanol–water partition coefficient (Wildman–Crippen LogP) is 1.62. The first-order valence-corrected chi connectivity index (χ1v) is 9.04. The van der Waals surface area contributed by atoms with Gasteiger partial charge in [0.2, 0.25) is 5.91 Å². The van der Waals surface area contributed by atoms with Crippen molar-refractivity contribution in [3.8, 4) is 0 Å². The number of hydrogen-bond acceptors (Lipinski definition) is 6. The van der Waals surface area contributed by atoms with Crippen molar-refractivity contribution < 1.29 is 14.3 Å². The highest BCUT2D eigenvalue weighted by Gasteiger charge is 2.29. The molecule has 128 valence electrons. The maximum atomic E-state index is 12.5. The Bertz CT molecular complexity index is 733. The van der Waals surface area contributed by atoms with Gasteiger partial charge >= 0.3 is 5.97 Å². The number of esters is 1. The fourth-order valence-electron chi connectivity index (χ4n) is 2.79. The third kappa shape index (κ3) is 3.69. The van der Waals surface area contributed by atoms with Gasteiger partial charge in [-0.3, -0.25) is 14.0 Å². The zero-order chi connectivity index (χ0) is 16.9. The summed E-state index contributed by atoms with van der Waals surface area (Å²) in [7, 11) is 0. The number of hydrogen-bond donors (Lipinski definition) is 0. The first kappa shape index (κ1) is 16.8. The molecule has 7 nitrogen and oxygen atoms in total. The predicted molar refractivity (Wildman–Crippen MR) is 89.6 cm³/mol. The van der Waals surface area contributed by atoms with Crippen LogP contribution in [0.25, 0.3) is 5.65 Å². The minimum absolute atomic E-state index is 0.0154. The number of ether oxygens (including phenoxy) is 1. The van der Waals surface area contributed by atoms with E-state index in [1.807, 2.05) is 28.8 Å². The van der Waals surface area contributed by atoms with Gasteiger partial charge in [-0.2, -0.15) is 0 Å². The first-order valence-electron chi connectivity index (χ1n) is 8.06. The van der Waals surface area contributed by atoms with Gasteiger partial charge in [-0.15, -0.1) is 10.2 Å². The highest BCUT2D eigenvalue weighted by atomic mass is 32.2. The molecule has 1 aliphatic heterocycles. The van der Waals surface area contributed by atoms with Gasteiger partial charge in [-0.1, -0.05) is 17.8 Å². The maximum Gasteiger partial charge on any atom is 0.310 e. The van der Waals surface area contributed by atoms with E-state index in [0.717, 1.165) is 18.5 Å². The van der Waals surface area contributed by atoms with Gasteiger partial charge < -0.3 is 9.64 Å². The van der Waals surface area contributed by atoms with Gasteiger partial charge in [0.15, 0.2) is 10.8 Å². The molecule has 1 fully saturated rings. The summed E-state index contributed by atoms with van der Waals surface area (Å²) in [5.41, 5.74) is 0.757. The van der Waals surface area contributed by atoms with Crippen LogP contribution in [0.15, 0.2) is 29.6 Å². The standard InChI is InChI=1S/C16H20N4O3S/c1-2-23-15(22)12-6-5-8-19(10-12)14(21)11-24-16-18-17-13-7-3-4-9-20(13)16/h3-4,7,9,12H,2,5-6,8,10-11H2,1H3/t12-/m1/s1. The van der Waals surface area contributed by atoms with E-state index < -0.39 is 0 Å². The van der Waals surface area contributed by atoms with Crippen molar-refractivity contribution in [2.75, 3.05) is 25.4 Å². The summed E-state index contributed by atoms with van der Waals surface area (Å²) in [6.07, 6.45) is 3.48. The summed E-state index contributed by atoms with van der Waals surface area (Å²) in [4.78, 5) is 26.1. The number of thioether (sulfide) groups is 1. The number of aromatic nitrogens is 3. The van der Waals surface area contributed by atoms with Gasteiger partial charge in [-0.25, -0.2) is 0 Å². The smallest absolute Gasteiger partial charge is 0.310 e. The number of amides is 1. The van der Waals surface area contributed by atoms with Gasteiger partial charge in [0, 0.05) is 19.3 Å². The van der Waals surface area contributed by atoms with E-state index in [2.05, 4.69) is 10.2 Å². The van der Waals surface area contributed by atoms with Crippen LogP contribution >= 0.6 is 11.8 Å². The minimum atomic E-state index is -0.207. The molecule has 2 aromatic rings. The van der Waals surface area contributed by atoms with E-state index in [-0.39, 0.29) is 23.5 Å². The van der Waals surface area contributed by atoms with E-state index in [9.17, 15) is 9.59 Å². The van der Waals surface area contributed by atoms with Gasteiger partial charge in [-0.05, 0) is 31.9 Å². The zero-order valence-electron chi connectivity index (χ0n) is 13.6. The molecule has 1 atom stereocenters.